The van der Waals surface area contributed by atoms with E-state index in [-0.39, 0.29) is 11.8 Å². The van der Waals surface area contributed by atoms with Gasteiger partial charge in [0.05, 0.1) is 30.8 Å². The number of likely N-dealkylation sites (tertiary alicyclic amines) is 1. The molecule has 156 valence electrons. The number of benzene rings is 2. The lowest BCUT2D eigenvalue weighted by molar-refractivity contribution is -0.121. The number of carbonyl (C=O) groups excluding carboxylic acids is 1. The molecule has 3 rings (SSSR count). The van der Waals surface area contributed by atoms with E-state index in [0.717, 1.165) is 24.9 Å². The number of carbonyl (C=O) groups is 1. The van der Waals surface area contributed by atoms with Gasteiger partial charge in [0.25, 0.3) is 0 Å². The number of piperidine rings is 1. The zero-order valence-corrected chi connectivity index (χ0v) is 18.6. The third kappa shape index (κ3) is 5.48. The minimum absolute atomic E-state index is 0.0559. The van der Waals surface area contributed by atoms with Gasteiger partial charge in [-0.05, 0) is 37.1 Å². The van der Waals surface area contributed by atoms with Gasteiger partial charge in [-0.15, -0.1) is 0 Å². The van der Waals surface area contributed by atoms with Crippen LogP contribution in [0.25, 0.3) is 0 Å². The molecule has 1 atom stereocenters. The first kappa shape index (κ1) is 22.0. The third-order valence-corrected chi connectivity index (χ3v) is 5.90. The van der Waals surface area contributed by atoms with Crippen LogP contribution in [0, 0.1) is 5.92 Å². The van der Waals surface area contributed by atoms with Crippen LogP contribution in [0.5, 0.6) is 11.5 Å². The Hall–Kier alpha value is -1.66. The average Bonchev–Trinajstić information content (AvgIpc) is 2.71. The molecule has 1 aliphatic heterocycles. The Labute approximate surface area is 185 Å². The highest BCUT2D eigenvalue weighted by Gasteiger charge is 2.27. The van der Waals surface area contributed by atoms with Crippen LogP contribution in [-0.2, 0) is 11.3 Å². The summed E-state index contributed by atoms with van der Waals surface area (Å²) < 4.78 is 10.6. The molecule has 1 N–H and O–H groups in total. The number of hydrogen-bond acceptors (Lipinski definition) is 4. The molecule has 1 heterocycles. The van der Waals surface area contributed by atoms with E-state index in [4.69, 9.17) is 44.3 Å². The topological polar surface area (TPSA) is 50.8 Å². The van der Waals surface area contributed by atoms with Gasteiger partial charge in [-0.1, -0.05) is 40.9 Å². The number of amides is 1. The molecule has 0 saturated carbocycles. The number of halogens is 3. The van der Waals surface area contributed by atoms with Crippen molar-refractivity contribution in [3.8, 4) is 11.5 Å². The Morgan fingerprint density at radius 2 is 1.86 bits per heavy atom. The van der Waals surface area contributed by atoms with E-state index in [1.54, 1.807) is 18.2 Å². The van der Waals surface area contributed by atoms with Crippen molar-refractivity contribution in [2.45, 2.75) is 19.4 Å². The molecule has 1 aliphatic rings. The predicted octanol–water partition coefficient (Wildman–Crippen LogP) is 5.51. The van der Waals surface area contributed by atoms with Crippen LogP contribution >= 0.6 is 34.8 Å². The fraction of sp³-hybridized carbons (Fsp3) is 0.381. The molecule has 0 bridgehead atoms. The van der Waals surface area contributed by atoms with Crippen LogP contribution in [0.3, 0.4) is 0 Å². The second-order valence-corrected chi connectivity index (χ2v) is 8.24. The molecule has 1 saturated heterocycles. The predicted molar refractivity (Wildman–Crippen MR) is 118 cm³/mol. The molecule has 2 aromatic rings. The van der Waals surface area contributed by atoms with Gasteiger partial charge in [0.1, 0.15) is 11.5 Å². The van der Waals surface area contributed by atoms with E-state index in [0.29, 0.717) is 45.3 Å². The molecule has 8 heteroatoms. The van der Waals surface area contributed by atoms with Crippen molar-refractivity contribution in [1.82, 2.24) is 4.90 Å². The number of ether oxygens (including phenoxy) is 2. The lowest BCUT2D eigenvalue weighted by Gasteiger charge is -2.32. The Bertz CT molecular complexity index is 892. The van der Waals surface area contributed by atoms with Gasteiger partial charge in [0.2, 0.25) is 5.91 Å². The minimum Gasteiger partial charge on any atom is -0.495 e. The molecule has 1 amide bonds. The lowest BCUT2D eigenvalue weighted by Crippen LogP contribution is -2.40. The molecule has 0 aliphatic carbocycles. The zero-order chi connectivity index (χ0) is 21.0. The maximum atomic E-state index is 12.9. The van der Waals surface area contributed by atoms with Crippen molar-refractivity contribution < 1.29 is 14.3 Å². The van der Waals surface area contributed by atoms with Crippen molar-refractivity contribution in [2.24, 2.45) is 5.92 Å². The largest absolute Gasteiger partial charge is 0.495 e. The first-order valence-corrected chi connectivity index (χ1v) is 10.4. The van der Waals surface area contributed by atoms with Gasteiger partial charge in [-0.3, -0.25) is 9.69 Å². The maximum absolute atomic E-state index is 12.9. The Morgan fingerprint density at radius 1 is 1.10 bits per heavy atom. The highest BCUT2D eigenvalue weighted by Crippen LogP contribution is 2.36. The normalized spacial score (nSPS) is 17.1. The van der Waals surface area contributed by atoms with Gasteiger partial charge >= 0.3 is 0 Å². The van der Waals surface area contributed by atoms with Gasteiger partial charge in [-0.25, -0.2) is 0 Å². The van der Waals surface area contributed by atoms with Crippen molar-refractivity contribution in [2.75, 3.05) is 32.6 Å². The van der Waals surface area contributed by atoms with E-state index < -0.39 is 0 Å². The van der Waals surface area contributed by atoms with Crippen LogP contribution in [-0.4, -0.2) is 38.1 Å². The first-order chi connectivity index (χ1) is 13.9. The first-order valence-electron chi connectivity index (χ1n) is 9.30. The summed E-state index contributed by atoms with van der Waals surface area (Å²) in [5.41, 5.74) is 1.54. The van der Waals surface area contributed by atoms with Crippen molar-refractivity contribution >= 4 is 46.4 Å². The molecule has 0 radical (unpaired) electrons. The SMILES string of the molecule is COc1cc(NC(=O)C2CCCN(Cc3ccc(Cl)cc3Cl)C2)c(OC)cc1Cl. The van der Waals surface area contributed by atoms with Gasteiger partial charge < -0.3 is 14.8 Å². The molecule has 0 spiro atoms. The van der Waals surface area contributed by atoms with Crippen LogP contribution in [0.1, 0.15) is 18.4 Å². The van der Waals surface area contributed by atoms with E-state index >= 15 is 0 Å². The van der Waals surface area contributed by atoms with E-state index in [9.17, 15) is 4.79 Å². The summed E-state index contributed by atoms with van der Waals surface area (Å²) in [4.78, 5) is 15.2. The number of nitrogens with zero attached hydrogens (tertiary/aromatic N) is 1. The molecular weight excluding hydrogens is 435 g/mol. The van der Waals surface area contributed by atoms with E-state index in [2.05, 4.69) is 10.2 Å². The second kappa shape index (κ2) is 9.90. The Morgan fingerprint density at radius 3 is 2.55 bits per heavy atom. The standard InChI is InChI=1S/C21H23Cl3N2O3/c1-28-19-10-18(20(29-2)9-17(19)24)25-21(27)14-4-3-7-26(12-14)11-13-5-6-15(22)8-16(13)23/h5-6,8-10,14H,3-4,7,11-12H2,1-2H3,(H,25,27). The monoisotopic (exact) mass is 456 g/mol. The fourth-order valence-electron chi connectivity index (χ4n) is 3.50. The van der Waals surface area contributed by atoms with Crippen molar-refractivity contribution in [3.63, 3.8) is 0 Å². The molecule has 1 unspecified atom stereocenters. The van der Waals surface area contributed by atoms with E-state index in [1.807, 2.05) is 12.1 Å². The van der Waals surface area contributed by atoms with Crippen molar-refractivity contribution in [3.05, 3.63) is 51.0 Å². The smallest absolute Gasteiger partial charge is 0.228 e. The molecule has 29 heavy (non-hydrogen) atoms. The fourth-order valence-corrected chi connectivity index (χ4v) is 4.20. The number of anilines is 1. The van der Waals surface area contributed by atoms with Gasteiger partial charge in [0.15, 0.2) is 0 Å². The van der Waals surface area contributed by atoms with Gasteiger partial charge in [0, 0.05) is 35.3 Å². The summed E-state index contributed by atoms with van der Waals surface area (Å²) in [5.74, 6) is 0.774. The van der Waals surface area contributed by atoms with Crippen molar-refractivity contribution in [1.29, 1.82) is 0 Å². The second-order valence-electron chi connectivity index (χ2n) is 6.99. The zero-order valence-electron chi connectivity index (χ0n) is 16.3. The Kier molecular flexibility index (Phi) is 7.52. The molecule has 2 aromatic carbocycles. The maximum Gasteiger partial charge on any atom is 0.228 e. The molecule has 0 aromatic heterocycles. The van der Waals surface area contributed by atoms with Crippen LogP contribution in [0.15, 0.2) is 30.3 Å². The quantitative estimate of drug-likeness (QED) is 0.621. The highest BCUT2D eigenvalue weighted by molar-refractivity contribution is 6.35. The minimum atomic E-state index is -0.138. The van der Waals surface area contributed by atoms with Gasteiger partial charge in [-0.2, -0.15) is 0 Å². The third-order valence-electron chi connectivity index (χ3n) is 5.02. The number of methoxy groups -OCH3 is 2. The van der Waals surface area contributed by atoms with Crippen LogP contribution in [0.4, 0.5) is 5.69 Å². The molecule has 1 fully saturated rings. The highest BCUT2D eigenvalue weighted by atomic mass is 35.5. The lowest BCUT2D eigenvalue weighted by atomic mass is 9.96. The summed E-state index contributed by atoms with van der Waals surface area (Å²) >= 11 is 18.4. The number of hydrogen-bond donors (Lipinski definition) is 1. The van der Waals surface area contributed by atoms with Crippen LogP contribution in [0.2, 0.25) is 15.1 Å². The summed E-state index contributed by atoms with van der Waals surface area (Å²) in [5, 5.41) is 4.64. The number of nitrogens with one attached hydrogen (secondary N) is 1. The van der Waals surface area contributed by atoms with E-state index in [1.165, 1.54) is 14.2 Å². The average molecular weight is 458 g/mol. The van der Waals surface area contributed by atoms with Crippen LogP contribution < -0.4 is 14.8 Å². The molecule has 5 nitrogen and oxygen atoms in total. The summed E-state index contributed by atoms with van der Waals surface area (Å²) in [6.07, 6.45) is 1.76. The summed E-state index contributed by atoms with van der Waals surface area (Å²) in [7, 11) is 3.06. The Balaban J connectivity index is 1.68. The molecular formula is C21H23Cl3N2O3. The number of rotatable bonds is 6. The summed E-state index contributed by atoms with van der Waals surface area (Å²) in [6, 6.07) is 8.81. The summed E-state index contributed by atoms with van der Waals surface area (Å²) in [6.45, 7) is 2.25.